The quantitative estimate of drug-likeness (QED) is 0.826. The molecule has 100 valence electrons. The van der Waals surface area contributed by atoms with E-state index >= 15 is 0 Å². The van der Waals surface area contributed by atoms with Crippen LogP contribution in [0.3, 0.4) is 0 Å². The number of carboxylic acids is 1. The first-order valence-electron chi connectivity index (χ1n) is 5.61. The van der Waals surface area contributed by atoms with Gasteiger partial charge in [0.15, 0.2) is 0 Å². The van der Waals surface area contributed by atoms with Gasteiger partial charge in [-0.1, -0.05) is 0 Å². The van der Waals surface area contributed by atoms with Crippen LogP contribution in [0.15, 0.2) is 6.07 Å². The van der Waals surface area contributed by atoms with Crippen LogP contribution in [-0.4, -0.2) is 31.3 Å². The molecule has 3 N–H and O–H groups in total. The van der Waals surface area contributed by atoms with Crippen molar-refractivity contribution >= 4 is 5.97 Å². The van der Waals surface area contributed by atoms with Crippen molar-refractivity contribution in [1.29, 1.82) is 0 Å². The van der Waals surface area contributed by atoms with Crippen molar-refractivity contribution in [3.63, 3.8) is 0 Å². The highest BCUT2D eigenvalue weighted by atomic mass is 16.5. The number of hydrogen-bond acceptors (Lipinski definition) is 4. The van der Waals surface area contributed by atoms with E-state index < -0.39 is 12.0 Å². The van der Waals surface area contributed by atoms with Gasteiger partial charge in [0.05, 0.1) is 14.2 Å². The van der Waals surface area contributed by atoms with E-state index in [1.54, 1.807) is 20.3 Å². The lowest BCUT2D eigenvalue weighted by atomic mass is 9.98. The lowest BCUT2D eigenvalue weighted by molar-refractivity contribution is -0.138. The summed E-state index contributed by atoms with van der Waals surface area (Å²) >= 11 is 0. The highest BCUT2D eigenvalue weighted by Crippen LogP contribution is 2.33. The Morgan fingerprint density at radius 3 is 2.39 bits per heavy atom. The third-order valence-electron chi connectivity index (χ3n) is 3.05. The summed E-state index contributed by atoms with van der Waals surface area (Å²) in [6.45, 7) is 3.84. The van der Waals surface area contributed by atoms with Crippen molar-refractivity contribution < 1.29 is 19.4 Å². The van der Waals surface area contributed by atoms with Crippen LogP contribution in [0.1, 0.15) is 16.7 Å². The van der Waals surface area contributed by atoms with E-state index in [0.717, 1.165) is 16.7 Å². The topological polar surface area (TPSA) is 81.8 Å². The minimum absolute atomic E-state index is 0.204. The van der Waals surface area contributed by atoms with Crippen LogP contribution in [0, 0.1) is 13.8 Å². The van der Waals surface area contributed by atoms with Crippen molar-refractivity contribution in [3.8, 4) is 11.5 Å². The number of carboxylic acid groups (broad SMARTS) is 1. The molecule has 1 rings (SSSR count). The van der Waals surface area contributed by atoms with Gasteiger partial charge in [0, 0.05) is 12.0 Å². The van der Waals surface area contributed by atoms with E-state index in [-0.39, 0.29) is 6.42 Å². The molecular formula is C13H19NO4. The van der Waals surface area contributed by atoms with E-state index in [1.165, 1.54) is 0 Å². The summed E-state index contributed by atoms with van der Waals surface area (Å²) < 4.78 is 10.6. The Kier molecular flexibility index (Phi) is 4.55. The average molecular weight is 253 g/mol. The number of nitrogens with two attached hydrogens (primary N) is 1. The molecule has 0 heterocycles. The fraction of sp³-hybridized carbons (Fsp3) is 0.462. The standard InChI is InChI=1S/C13H19NO4/c1-7-8(2)12(18-4)9(6-11(7)17-3)5-10(14)13(15)16/h6,10H,5,14H2,1-4H3,(H,15,16). The van der Waals surface area contributed by atoms with Crippen LogP contribution in [-0.2, 0) is 11.2 Å². The van der Waals surface area contributed by atoms with Crippen molar-refractivity contribution in [1.82, 2.24) is 0 Å². The second-order valence-corrected chi connectivity index (χ2v) is 4.17. The molecule has 0 fully saturated rings. The fourth-order valence-corrected chi connectivity index (χ4v) is 1.90. The monoisotopic (exact) mass is 253 g/mol. The van der Waals surface area contributed by atoms with Crippen LogP contribution in [0.4, 0.5) is 0 Å². The van der Waals surface area contributed by atoms with Crippen LogP contribution < -0.4 is 15.2 Å². The van der Waals surface area contributed by atoms with E-state index in [0.29, 0.717) is 11.5 Å². The Morgan fingerprint density at radius 2 is 1.94 bits per heavy atom. The van der Waals surface area contributed by atoms with E-state index in [2.05, 4.69) is 0 Å². The highest BCUT2D eigenvalue weighted by molar-refractivity contribution is 5.74. The zero-order chi connectivity index (χ0) is 13.9. The summed E-state index contributed by atoms with van der Waals surface area (Å²) in [6.07, 6.45) is 0.204. The molecule has 1 aromatic rings. The zero-order valence-corrected chi connectivity index (χ0v) is 11.1. The van der Waals surface area contributed by atoms with Gasteiger partial charge in [0.2, 0.25) is 0 Å². The van der Waals surface area contributed by atoms with Gasteiger partial charge in [-0.2, -0.15) is 0 Å². The number of aliphatic carboxylic acids is 1. The third-order valence-corrected chi connectivity index (χ3v) is 3.05. The number of hydrogen-bond donors (Lipinski definition) is 2. The second kappa shape index (κ2) is 5.73. The number of ether oxygens (including phenoxy) is 2. The minimum Gasteiger partial charge on any atom is -0.496 e. The molecule has 0 aromatic heterocycles. The number of benzene rings is 1. The zero-order valence-electron chi connectivity index (χ0n) is 11.1. The summed E-state index contributed by atoms with van der Waals surface area (Å²) in [5.74, 6) is 0.347. The Hall–Kier alpha value is -1.75. The van der Waals surface area contributed by atoms with Gasteiger partial charge in [0.1, 0.15) is 17.5 Å². The Morgan fingerprint density at radius 1 is 1.33 bits per heavy atom. The molecule has 0 bridgehead atoms. The van der Waals surface area contributed by atoms with E-state index in [4.69, 9.17) is 20.3 Å². The normalized spacial score (nSPS) is 12.1. The second-order valence-electron chi connectivity index (χ2n) is 4.17. The van der Waals surface area contributed by atoms with Crippen LogP contribution in [0.25, 0.3) is 0 Å². The first-order valence-corrected chi connectivity index (χ1v) is 5.61. The molecule has 0 spiro atoms. The molecule has 1 atom stereocenters. The van der Waals surface area contributed by atoms with Gasteiger partial charge in [-0.25, -0.2) is 0 Å². The summed E-state index contributed by atoms with van der Waals surface area (Å²) in [5.41, 5.74) is 8.21. The Bertz CT molecular complexity index is 457. The molecule has 1 aromatic carbocycles. The first kappa shape index (κ1) is 14.3. The fourth-order valence-electron chi connectivity index (χ4n) is 1.90. The number of carbonyl (C=O) groups is 1. The SMILES string of the molecule is COc1cc(CC(N)C(=O)O)c(OC)c(C)c1C. The lowest BCUT2D eigenvalue weighted by Gasteiger charge is -2.17. The van der Waals surface area contributed by atoms with Crippen molar-refractivity contribution in [3.05, 3.63) is 22.8 Å². The van der Waals surface area contributed by atoms with Gasteiger partial charge in [0.25, 0.3) is 0 Å². The van der Waals surface area contributed by atoms with E-state index in [1.807, 2.05) is 13.8 Å². The maximum absolute atomic E-state index is 10.8. The number of methoxy groups -OCH3 is 2. The minimum atomic E-state index is -1.03. The van der Waals surface area contributed by atoms with Gasteiger partial charge >= 0.3 is 5.97 Å². The summed E-state index contributed by atoms with van der Waals surface area (Å²) in [4.78, 5) is 10.8. The smallest absolute Gasteiger partial charge is 0.320 e. The molecule has 5 heteroatoms. The maximum Gasteiger partial charge on any atom is 0.320 e. The van der Waals surface area contributed by atoms with Crippen molar-refractivity contribution in [2.75, 3.05) is 14.2 Å². The lowest BCUT2D eigenvalue weighted by Crippen LogP contribution is -2.32. The highest BCUT2D eigenvalue weighted by Gasteiger charge is 2.19. The van der Waals surface area contributed by atoms with Gasteiger partial charge in [-0.05, 0) is 31.0 Å². The summed E-state index contributed by atoms with van der Waals surface area (Å²) in [6, 6.07) is 0.829. The van der Waals surface area contributed by atoms with Gasteiger partial charge in [-0.3, -0.25) is 4.79 Å². The molecule has 0 amide bonds. The Labute approximate surface area is 107 Å². The molecule has 1 unspecified atom stereocenters. The maximum atomic E-state index is 10.8. The molecule has 0 aliphatic heterocycles. The number of rotatable bonds is 5. The van der Waals surface area contributed by atoms with Crippen LogP contribution in [0.5, 0.6) is 11.5 Å². The molecule has 5 nitrogen and oxygen atoms in total. The largest absolute Gasteiger partial charge is 0.496 e. The first-order chi connectivity index (χ1) is 8.42. The van der Waals surface area contributed by atoms with Crippen molar-refractivity contribution in [2.45, 2.75) is 26.3 Å². The molecule has 18 heavy (non-hydrogen) atoms. The predicted octanol–water partition coefficient (Wildman–Crippen LogP) is 1.28. The summed E-state index contributed by atoms with van der Waals surface area (Å²) in [5, 5.41) is 8.86. The summed E-state index contributed by atoms with van der Waals surface area (Å²) in [7, 11) is 3.14. The molecule has 0 radical (unpaired) electrons. The van der Waals surface area contributed by atoms with Gasteiger partial charge < -0.3 is 20.3 Å². The van der Waals surface area contributed by atoms with Crippen LogP contribution in [0.2, 0.25) is 0 Å². The molecule has 0 saturated carbocycles. The Balaban J connectivity index is 3.25. The van der Waals surface area contributed by atoms with Crippen LogP contribution >= 0.6 is 0 Å². The average Bonchev–Trinajstić information content (AvgIpc) is 2.33. The molecule has 0 saturated heterocycles. The third kappa shape index (κ3) is 2.73. The predicted molar refractivity (Wildman–Crippen MR) is 68.3 cm³/mol. The van der Waals surface area contributed by atoms with Crippen molar-refractivity contribution in [2.24, 2.45) is 5.73 Å². The molecule has 0 aliphatic rings. The van der Waals surface area contributed by atoms with Gasteiger partial charge in [-0.15, -0.1) is 0 Å². The molecular weight excluding hydrogens is 234 g/mol. The molecule has 0 aliphatic carbocycles. The van der Waals surface area contributed by atoms with E-state index in [9.17, 15) is 4.79 Å².